The quantitative estimate of drug-likeness (QED) is 0.793. The molecule has 6 heteroatoms. The first-order valence-electron chi connectivity index (χ1n) is 11.2. The van der Waals surface area contributed by atoms with Crippen molar-refractivity contribution in [3.8, 4) is 0 Å². The molecule has 1 aliphatic carbocycles. The fraction of sp³-hybridized carbons (Fsp3) is 0.652. The molecule has 0 aromatic heterocycles. The van der Waals surface area contributed by atoms with E-state index >= 15 is 0 Å². The van der Waals surface area contributed by atoms with Gasteiger partial charge in [0, 0.05) is 56.6 Å². The number of nitrogens with zero attached hydrogens (tertiary/aromatic N) is 3. The zero-order chi connectivity index (χ0) is 20.2. The second-order valence-electron chi connectivity index (χ2n) is 8.92. The van der Waals surface area contributed by atoms with Crippen LogP contribution in [0, 0.1) is 5.92 Å². The minimum atomic E-state index is -0.233. The molecule has 2 heterocycles. The van der Waals surface area contributed by atoms with Crippen molar-refractivity contribution in [3.63, 3.8) is 0 Å². The van der Waals surface area contributed by atoms with Crippen LogP contribution in [0.2, 0.25) is 0 Å². The van der Waals surface area contributed by atoms with Crippen molar-refractivity contribution in [2.75, 3.05) is 50.0 Å². The molecule has 0 bridgehead atoms. The number of likely N-dealkylation sites (tertiary alicyclic amines) is 1. The molecule has 1 aromatic rings. The van der Waals surface area contributed by atoms with E-state index < -0.39 is 0 Å². The van der Waals surface area contributed by atoms with E-state index in [1.165, 1.54) is 31.4 Å². The van der Waals surface area contributed by atoms with E-state index in [9.17, 15) is 9.59 Å². The normalized spacial score (nSPS) is 24.6. The third-order valence-electron chi connectivity index (χ3n) is 6.80. The summed E-state index contributed by atoms with van der Waals surface area (Å²) >= 11 is 0. The summed E-state index contributed by atoms with van der Waals surface area (Å²) in [5, 5.41) is 3.03. The number of carbonyl (C=O) groups is 2. The molecule has 2 saturated heterocycles. The lowest BCUT2D eigenvalue weighted by Crippen LogP contribution is -2.44. The maximum atomic E-state index is 12.8. The van der Waals surface area contributed by atoms with Gasteiger partial charge >= 0.3 is 0 Å². The second kappa shape index (κ2) is 9.16. The number of nitrogens with one attached hydrogen (secondary N) is 1. The topological polar surface area (TPSA) is 55.9 Å². The highest BCUT2D eigenvalue weighted by molar-refractivity contribution is 5.97. The number of carbonyl (C=O) groups excluding carboxylic acids is 2. The van der Waals surface area contributed by atoms with Crippen molar-refractivity contribution in [1.82, 2.24) is 9.80 Å². The first-order valence-corrected chi connectivity index (χ1v) is 11.2. The smallest absolute Gasteiger partial charge is 0.229 e. The van der Waals surface area contributed by atoms with Crippen molar-refractivity contribution in [1.29, 1.82) is 0 Å². The summed E-state index contributed by atoms with van der Waals surface area (Å²) in [5.74, 6) is -0.104. The zero-order valence-electron chi connectivity index (χ0n) is 17.6. The standard InChI is InChI=1S/C23H34N4O2/c1-25-12-14-26(15-13-25)20-10-8-19(9-11-20)24-23(29)18-16-22(28)27(17-18)21-6-4-2-3-5-7-21/h8-11,18,21H,2-7,12-17H2,1H3,(H,24,29). The molecule has 0 radical (unpaired) electrons. The molecule has 2 amide bonds. The van der Waals surface area contributed by atoms with Gasteiger partial charge in [0.1, 0.15) is 0 Å². The van der Waals surface area contributed by atoms with E-state index in [1.807, 2.05) is 17.0 Å². The fourth-order valence-corrected chi connectivity index (χ4v) is 4.89. The van der Waals surface area contributed by atoms with E-state index in [2.05, 4.69) is 34.3 Å². The highest BCUT2D eigenvalue weighted by Gasteiger charge is 2.37. The lowest BCUT2D eigenvalue weighted by Gasteiger charge is -2.34. The summed E-state index contributed by atoms with van der Waals surface area (Å²) < 4.78 is 0. The molecule has 3 fully saturated rings. The average molecular weight is 399 g/mol. The van der Waals surface area contributed by atoms with Crippen LogP contribution < -0.4 is 10.2 Å². The maximum Gasteiger partial charge on any atom is 0.229 e. The van der Waals surface area contributed by atoms with Crippen LogP contribution in [0.25, 0.3) is 0 Å². The Morgan fingerprint density at radius 1 is 0.966 bits per heavy atom. The highest BCUT2D eigenvalue weighted by Crippen LogP contribution is 2.29. The Kier molecular flexibility index (Phi) is 6.38. The predicted octanol–water partition coefficient (Wildman–Crippen LogP) is 2.95. The Bertz CT molecular complexity index is 704. The van der Waals surface area contributed by atoms with E-state index in [4.69, 9.17) is 0 Å². The number of hydrogen-bond acceptors (Lipinski definition) is 4. The summed E-state index contributed by atoms with van der Waals surface area (Å²) in [4.78, 5) is 32.0. The van der Waals surface area contributed by atoms with E-state index in [0.717, 1.165) is 44.7 Å². The molecular formula is C23H34N4O2. The fourth-order valence-electron chi connectivity index (χ4n) is 4.89. The molecule has 2 aliphatic heterocycles. The number of amides is 2. The van der Waals surface area contributed by atoms with Gasteiger partial charge in [0.15, 0.2) is 0 Å². The van der Waals surface area contributed by atoms with Gasteiger partial charge in [0.25, 0.3) is 0 Å². The van der Waals surface area contributed by atoms with Gasteiger partial charge in [-0.25, -0.2) is 0 Å². The van der Waals surface area contributed by atoms with Gasteiger partial charge in [-0.2, -0.15) is 0 Å². The molecular weight excluding hydrogens is 364 g/mol. The van der Waals surface area contributed by atoms with Gasteiger partial charge in [-0.15, -0.1) is 0 Å². The van der Waals surface area contributed by atoms with Crippen LogP contribution in [0.5, 0.6) is 0 Å². The van der Waals surface area contributed by atoms with Gasteiger partial charge in [0.05, 0.1) is 5.92 Å². The highest BCUT2D eigenvalue weighted by atomic mass is 16.2. The summed E-state index contributed by atoms with van der Waals surface area (Å²) in [7, 11) is 2.15. The molecule has 1 unspecified atom stereocenters. The van der Waals surface area contributed by atoms with Gasteiger partial charge in [-0.3, -0.25) is 9.59 Å². The summed E-state index contributed by atoms with van der Waals surface area (Å²) in [5.41, 5.74) is 2.01. The number of likely N-dealkylation sites (N-methyl/N-ethyl adjacent to an activating group) is 1. The minimum Gasteiger partial charge on any atom is -0.369 e. The Labute approximate surface area is 174 Å². The van der Waals surface area contributed by atoms with Gasteiger partial charge < -0.3 is 20.0 Å². The minimum absolute atomic E-state index is 0.0261. The Morgan fingerprint density at radius 2 is 1.62 bits per heavy atom. The molecule has 1 saturated carbocycles. The van der Waals surface area contributed by atoms with E-state index in [-0.39, 0.29) is 17.7 Å². The summed E-state index contributed by atoms with van der Waals surface area (Å²) in [6.45, 7) is 4.79. The van der Waals surface area contributed by atoms with E-state index in [1.54, 1.807) is 0 Å². The SMILES string of the molecule is CN1CCN(c2ccc(NC(=O)C3CC(=O)N(C4CCCCCC4)C3)cc2)CC1. The predicted molar refractivity (Wildman–Crippen MR) is 116 cm³/mol. The lowest BCUT2D eigenvalue weighted by molar-refractivity contribution is -0.130. The molecule has 1 aromatic carbocycles. The van der Waals surface area contributed by atoms with Crippen LogP contribution in [-0.2, 0) is 9.59 Å². The van der Waals surface area contributed by atoms with Gasteiger partial charge in [0.2, 0.25) is 11.8 Å². The van der Waals surface area contributed by atoms with Crippen LogP contribution in [0.4, 0.5) is 11.4 Å². The lowest BCUT2D eigenvalue weighted by atomic mass is 10.1. The molecule has 3 aliphatic rings. The van der Waals surface area contributed by atoms with Crippen molar-refractivity contribution in [3.05, 3.63) is 24.3 Å². The number of anilines is 2. The first kappa shape index (κ1) is 20.2. The number of benzene rings is 1. The van der Waals surface area contributed by atoms with Crippen molar-refractivity contribution < 1.29 is 9.59 Å². The summed E-state index contributed by atoms with van der Waals surface area (Å²) in [6.07, 6.45) is 7.47. The average Bonchev–Trinajstić information content (AvgIpc) is 2.93. The molecule has 1 N–H and O–H groups in total. The third-order valence-corrected chi connectivity index (χ3v) is 6.80. The number of piperazine rings is 1. The Balaban J connectivity index is 1.31. The molecule has 158 valence electrons. The zero-order valence-corrected chi connectivity index (χ0v) is 17.6. The van der Waals surface area contributed by atoms with Crippen LogP contribution in [-0.4, -0.2) is 67.4 Å². The monoisotopic (exact) mass is 398 g/mol. The van der Waals surface area contributed by atoms with Crippen molar-refractivity contribution in [2.24, 2.45) is 5.92 Å². The van der Waals surface area contributed by atoms with E-state index in [0.29, 0.717) is 19.0 Å². The first-order chi connectivity index (χ1) is 14.1. The van der Waals surface area contributed by atoms with Crippen LogP contribution in [0.1, 0.15) is 44.9 Å². The summed E-state index contributed by atoms with van der Waals surface area (Å²) in [6, 6.07) is 8.46. The van der Waals surface area contributed by atoms with Crippen LogP contribution in [0.3, 0.4) is 0 Å². The molecule has 6 nitrogen and oxygen atoms in total. The van der Waals surface area contributed by atoms with Crippen molar-refractivity contribution in [2.45, 2.75) is 51.0 Å². The van der Waals surface area contributed by atoms with Gasteiger partial charge in [-0.05, 0) is 44.2 Å². The third kappa shape index (κ3) is 4.92. The molecule has 4 rings (SSSR count). The van der Waals surface area contributed by atoms with Crippen molar-refractivity contribution >= 4 is 23.2 Å². The Hall–Kier alpha value is -2.08. The van der Waals surface area contributed by atoms with Crippen LogP contribution >= 0.6 is 0 Å². The Morgan fingerprint density at radius 3 is 2.28 bits per heavy atom. The van der Waals surface area contributed by atoms with Crippen LogP contribution in [0.15, 0.2) is 24.3 Å². The molecule has 0 spiro atoms. The molecule has 1 atom stereocenters. The molecule has 29 heavy (non-hydrogen) atoms. The number of rotatable bonds is 4. The maximum absolute atomic E-state index is 12.8. The van der Waals surface area contributed by atoms with Gasteiger partial charge in [-0.1, -0.05) is 25.7 Å². The second-order valence-corrected chi connectivity index (χ2v) is 8.92. The number of hydrogen-bond donors (Lipinski definition) is 1. The largest absolute Gasteiger partial charge is 0.369 e.